The van der Waals surface area contributed by atoms with Crippen LogP contribution in [0.4, 0.5) is 0 Å². The molecule has 1 fully saturated rings. The lowest BCUT2D eigenvalue weighted by molar-refractivity contribution is -0.122. The number of likely N-dealkylation sites (N-methyl/N-ethyl adjacent to an activating group) is 1. The summed E-state index contributed by atoms with van der Waals surface area (Å²) in [7, 11) is 0. The number of carbonyl (C=O) groups excluding carboxylic acids is 1. The van der Waals surface area contributed by atoms with Gasteiger partial charge >= 0.3 is 0 Å². The summed E-state index contributed by atoms with van der Waals surface area (Å²) in [6, 6.07) is 0.249. The second-order valence-electron chi connectivity index (χ2n) is 4.91. The van der Waals surface area contributed by atoms with E-state index in [-0.39, 0.29) is 18.5 Å². The van der Waals surface area contributed by atoms with E-state index in [0.717, 1.165) is 32.5 Å². The molecule has 7 heteroatoms. The third-order valence-corrected chi connectivity index (χ3v) is 3.42. The Morgan fingerprint density at radius 1 is 1.63 bits per heavy atom. The molecule has 2 heterocycles. The summed E-state index contributed by atoms with van der Waals surface area (Å²) in [5.74, 6) is -0.0172. The number of amides is 1. The number of carbonyl (C=O) groups is 1. The van der Waals surface area contributed by atoms with Gasteiger partial charge in [-0.3, -0.25) is 4.79 Å². The zero-order valence-electron chi connectivity index (χ0n) is 11.4. The Hall–Kier alpha value is -1.47. The minimum Gasteiger partial charge on any atom is -0.350 e. The zero-order chi connectivity index (χ0) is 13.7. The van der Waals surface area contributed by atoms with Crippen LogP contribution >= 0.6 is 0 Å². The minimum absolute atomic E-state index is 0.0172. The lowest BCUT2D eigenvalue weighted by atomic mass is 10.1. The number of rotatable bonds is 5. The Kier molecular flexibility index (Phi) is 4.86. The number of nitrogens with zero attached hydrogens (tertiary/aromatic N) is 4. The van der Waals surface area contributed by atoms with Crippen molar-refractivity contribution < 1.29 is 4.79 Å². The van der Waals surface area contributed by atoms with Crippen molar-refractivity contribution in [3.05, 3.63) is 11.9 Å². The molecule has 2 rings (SSSR count). The van der Waals surface area contributed by atoms with Gasteiger partial charge in [0.05, 0.1) is 11.9 Å². The van der Waals surface area contributed by atoms with E-state index in [9.17, 15) is 4.79 Å². The maximum atomic E-state index is 11.9. The highest BCUT2D eigenvalue weighted by atomic mass is 16.2. The first kappa shape index (κ1) is 14.0. The van der Waals surface area contributed by atoms with E-state index in [1.165, 1.54) is 4.68 Å². The molecule has 0 bridgehead atoms. The van der Waals surface area contributed by atoms with Crippen molar-refractivity contribution in [1.29, 1.82) is 0 Å². The molecule has 0 radical (unpaired) electrons. The van der Waals surface area contributed by atoms with Gasteiger partial charge in [-0.1, -0.05) is 12.1 Å². The second-order valence-corrected chi connectivity index (χ2v) is 4.91. The van der Waals surface area contributed by atoms with Crippen molar-refractivity contribution >= 4 is 5.91 Å². The van der Waals surface area contributed by atoms with E-state index in [1.807, 2.05) is 0 Å². The third kappa shape index (κ3) is 4.00. The lowest BCUT2D eigenvalue weighted by Gasteiger charge is -2.32. The van der Waals surface area contributed by atoms with Gasteiger partial charge < -0.3 is 16.0 Å². The van der Waals surface area contributed by atoms with Crippen molar-refractivity contribution in [3.63, 3.8) is 0 Å². The summed E-state index contributed by atoms with van der Waals surface area (Å²) >= 11 is 0. The lowest BCUT2D eigenvalue weighted by Crippen LogP contribution is -2.48. The van der Waals surface area contributed by atoms with E-state index < -0.39 is 0 Å². The highest BCUT2D eigenvalue weighted by Crippen LogP contribution is 2.09. The maximum Gasteiger partial charge on any atom is 0.242 e. The zero-order valence-corrected chi connectivity index (χ0v) is 11.4. The summed E-state index contributed by atoms with van der Waals surface area (Å²) in [6.07, 6.45) is 3.89. The standard InChI is InChI=1S/C12H22N6O/c1-2-17-5-3-4-10(7-17)14-12(19)9-18-8-11(6-13)15-16-18/h8,10H,2-7,9,13H2,1H3,(H,14,19). The predicted molar refractivity (Wildman–Crippen MR) is 71.2 cm³/mol. The number of nitrogens with two attached hydrogens (primary N) is 1. The second kappa shape index (κ2) is 6.63. The SMILES string of the molecule is CCN1CCCC(NC(=O)Cn2cc(CN)nn2)C1. The van der Waals surface area contributed by atoms with Crippen LogP contribution in [-0.2, 0) is 17.9 Å². The van der Waals surface area contributed by atoms with Crippen molar-refractivity contribution in [1.82, 2.24) is 25.2 Å². The molecule has 1 aliphatic heterocycles. The average molecular weight is 266 g/mol. The van der Waals surface area contributed by atoms with E-state index in [0.29, 0.717) is 12.2 Å². The van der Waals surface area contributed by atoms with Gasteiger partial charge in [0.2, 0.25) is 5.91 Å². The van der Waals surface area contributed by atoms with Crippen LogP contribution in [0.15, 0.2) is 6.20 Å². The Morgan fingerprint density at radius 2 is 2.47 bits per heavy atom. The normalized spacial score (nSPS) is 20.4. The van der Waals surface area contributed by atoms with E-state index in [2.05, 4.69) is 27.5 Å². The third-order valence-electron chi connectivity index (χ3n) is 3.42. The Balaban J connectivity index is 1.80. The largest absolute Gasteiger partial charge is 0.350 e. The van der Waals surface area contributed by atoms with Crippen LogP contribution in [0.5, 0.6) is 0 Å². The van der Waals surface area contributed by atoms with Gasteiger partial charge in [-0.25, -0.2) is 4.68 Å². The average Bonchev–Trinajstić information content (AvgIpc) is 2.86. The molecule has 0 spiro atoms. The predicted octanol–water partition coefficient (Wildman–Crippen LogP) is -0.663. The number of hydrogen-bond donors (Lipinski definition) is 2. The van der Waals surface area contributed by atoms with Crippen molar-refractivity contribution in [2.75, 3.05) is 19.6 Å². The van der Waals surface area contributed by atoms with Crippen molar-refractivity contribution in [3.8, 4) is 0 Å². The quantitative estimate of drug-likeness (QED) is 0.738. The molecule has 1 amide bonds. The van der Waals surface area contributed by atoms with Gasteiger partial charge in [0, 0.05) is 19.1 Å². The molecule has 0 aliphatic carbocycles. The summed E-state index contributed by atoms with van der Waals surface area (Å²) in [4.78, 5) is 14.3. The van der Waals surface area contributed by atoms with Crippen LogP contribution in [0.3, 0.4) is 0 Å². The number of nitrogens with one attached hydrogen (secondary N) is 1. The molecule has 1 atom stereocenters. The minimum atomic E-state index is -0.0172. The Bertz CT molecular complexity index is 418. The van der Waals surface area contributed by atoms with Gasteiger partial charge in [0.15, 0.2) is 0 Å². The van der Waals surface area contributed by atoms with Gasteiger partial charge in [0.25, 0.3) is 0 Å². The summed E-state index contributed by atoms with van der Waals surface area (Å²) in [5.41, 5.74) is 6.15. The molecule has 1 aromatic rings. The van der Waals surface area contributed by atoms with Crippen LogP contribution in [0.1, 0.15) is 25.5 Å². The van der Waals surface area contributed by atoms with Gasteiger partial charge in [-0.05, 0) is 25.9 Å². The fourth-order valence-corrected chi connectivity index (χ4v) is 2.39. The summed E-state index contributed by atoms with van der Waals surface area (Å²) in [5, 5.41) is 10.8. The first-order valence-corrected chi connectivity index (χ1v) is 6.82. The summed E-state index contributed by atoms with van der Waals surface area (Å²) < 4.78 is 1.53. The fourth-order valence-electron chi connectivity index (χ4n) is 2.39. The van der Waals surface area contributed by atoms with Crippen LogP contribution in [0.2, 0.25) is 0 Å². The topological polar surface area (TPSA) is 89.1 Å². The summed E-state index contributed by atoms with van der Waals surface area (Å²) in [6.45, 7) is 5.80. The molecule has 1 aliphatic rings. The molecule has 1 aromatic heterocycles. The Morgan fingerprint density at radius 3 is 3.16 bits per heavy atom. The first-order valence-electron chi connectivity index (χ1n) is 6.82. The van der Waals surface area contributed by atoms with Gasteiger partial charge in [0.1, 0.15) is 6.54 Å². The van der Waals surface area contributed by atoms with E-state index in [4.69, 9.17) is 5.73 Å². The van der Waals surface area contributed by atoms with Crippen molar-refractivity contribution in [2.45, 2.75) is 38.9 Å². The first-order chi connectivity index (χ1) is 9.21. The fraction of sp³-hybridized carbons (Fsp3) is 0.750. The Labute approximate surface area is 113 Å². The van der Waals surface area contributed by atoms with Gasteiger partial charge in [-0.2, -0.15) is 0 Å². The molecular weight excluding hydrogens is 244 g/mol. The molecule has 106 valence electrons. The smallest absolute Gasteiger partial charge is 0.242 e. The molecule has 7 nitrogen and oxygen atoms in total. The molecule has 1 saturated heterocycles. The van der Waals surface area contributed by atoms with Crippen LogP contribution in [0.25, 0.3) is 0 Å². The monoisotopic (exact) mass is 266 g/mol. The molecule has 3 N–H and O–H groups in total. The molecule has 0 saturated carbocycles. The van der Waals surface area contributed by atoms with Gasteiger partial charge in [-0.15, -0.1) is 5.10 Å². The number of aromatic nitrogens is 3. The van der Waals surface area contributed by atoms with Crippen molar-refractivity contribution in [2.24, 2.45) is 5.73 Å². The van der Waals surface area contributed by atoms with Crippen LogP contribution < -0.4 is 11.1 Å². The molecule has 0 aromatic carbocycles. The molecule has 1 unspecified atom stereocenters. The van der Waals surface area contributed by atoms with Crippen LogP contribution in [-0.4, -0.2) is 51.5 Å². The highest BCUT2D eigenvalue weighted by molar-refractivity contribution is 5.75. The number of piperidine rings is 1. The number of likely N-dealkylation sites (tertiary alicyclic amines) is 1. The van der Waals surface area contributed by atoms with Crippen LogP contribution in [0, 0.1) is 0 Å². The highest BCUT2D eigenvalue weighted by Gasteiger charge is 2.20. The maximum absolute atomic E-state index is 11.9. The molecule has 19 heavy (non-hydrogen) atoms. The molecular formula is C12H22N6O. The number of hydrogen-bond acceptors (Lipinski definition) is 5. The van der Waals surface area contributed by atoms with E-state index >= 15 is 0 Å². The van der Waals surface area contributed by atoms with E-state index in [1.54, 1.807) is 6.20 Å².